The fourth-order valence-corrected chi connectivity index (χ4v) is 5.74. The highest BCUT2D eigenvalue weighted by atomic mass is 19.1. The van der Waals surface area contributed by atoms with Crippen LogP contribution in [0.25, 0.3) is 22.8 Å². The summed E-state index contributed by atoms with van der Waals surface area (Å²) >= 11 is 0. The van der Waals surface area contributed by atoms with E-state index in [0.717, 1.165) is 29.8 Å². The SMILES string of the molecule is CC1C2Cc3cc(-c4c(F)cccc4F)nnc3[C@@]1(c1cccc(-c3n[nH]c(C[C@@H](C)O)n3)n1)C2. The van der Waals surface area contributed by atoms with Crippen LogP contribution in [0.1, 0.15) is 43.0 Å². The molecule has 3 aliphatic carbocycles. The van der Waals surface area contributed by atoms with Crippen molar-refractivity contribution in [3.05, 3.63) is 76.9 Å². The molecular formula is C26H24F2N6O. The molecule has 0 spiro atoms. The number of halogens is 2. The molecule has 2 N–H and O–H groups in total. The third-order valence-corrected chi connectivity index (χ3v) is 7.52. The van der Waals surface area contributed by atoms with Crippen molar-refractivity contribution in [2.45, 2.75) is 44.6 Å². The lowest BCUT2D eigenvalue weighted by Crippen LogP contribution is -2.56. The van der Waals surface area contributed by atoms with Crippen molar-refractivity contribution < 1.29 is 13.9 Å². The molecule has 7 rings (SSSR count). The number of pyridine rings is 1. The zero-order valence-electron chi connectivity index (χ0n) is 19.3. The van der Waals surface area contributed by atoms with E-state index in [1.807, 2.05) is 18.2 Å². The maximum atomic E-state index is 14.4. The monoisotopic (exact) mass is 474 g/mol. The van der Waals surface area contributed by atoms with Crippen LogP contribution in [0.5, 0.6) is 0 Å². The average Bonchev–Trinajstić information content (AvgIpc) is 3.30. The van der Waals surface area contributed by atoms with Crippen LogP contribution >= 0.6 is 0 Å². The van der Waals surface area contributed by atoms with Gasteiger partial charge in [-0.2, -0.15) is 10.2 Å². The van der Waals surface area contributed by atoms with Gasteiger partial charge in [0.05, 0.1) is 34.2 Å². The highest BCUT2D eigenvalue weighted by molar-refractivity contribution is 5.62. The Bertz CT molecular complexity index is 1420. The third kappa shape index (κ3) is 3.36. The summed E-state index contributed by atoms with van der Waals surface area (Å²) in [5, 5.41) is 25.6. The Balaban J connectivity index is 1.41. The number of hydrogen-bond acceptors (Lipinski definition) is 6. The third-order valence-electron chi connectivity index (χ3n) is 7.52. The molecule has 0 aliphatic heterocycles. The molecule has 3 heterocycles. The predicted octanol–water partition coefficient (Wildman–Crippen LogP) is 4.02. The summed E-state index contributed by atoms with van der Waals surface area (Å²) in [5.41, 5.74) is 2.90. The van der Waals surface area contributed by atoms with E-state index in [1.54, 1.807) is 13.0 Å². The standard InChI is InChI=1S/C26H24F2N6O/c1-13(35)9-22-30-25(34-32-22)19-7-4-8-21(29-19)26-12-16(14(26)2)10-15-11-20(31-33-24(15)26)23-17(27)5-3-6-18(23)28/h3-8,11,13-14,16,35H,9-10,12H2,1-2H3,(H,30,32,34)/t13-,14?,16?,26+/m1/s1. The summed E-state index contributed by atoms with van der Waals surface area (Å²) in [6.45, 7) is 3.90. The molecule has 1 aromatic carbocycles. The Hall–Kier alpha value is -3.59. The molecular weight excluding hydrogens is 450 g/mol. The van der Waals surface area contributed by atoms with Crippen LogP contribution in [0.3, 0.4) is 0 Å². The highest BCUT2D eigenvalue weighted by Crippen LogP contribution is 2.61. The van der Waals surface area contributed by atoms with E-state index in [0.29, 0.717) is 35.6 Å². The number of aliphatic hydroxyl groups excluding tert-OH is 1. The number of nitrogens with zero attached hydrogens (tertiary/aromatic N) is 5. The van der Waals surface area contributed by atoms with Gasteiger partial charge in [-0.15, -0.1) is 5.10 Å². The Labute approximate surface area is 200 Å². The van der Waals surface area contributed by atoms with Crippen molar-refractivity contribution >= 4 is 0 Å². The molecule has 3 aliphatic rings. The van der Waals surface area contributed by atoms with Gasteiger partial charge in [0, 0.05) is 6.42 Å². The van der Waals surface area contributed by atoms with Crippen molar-refractivity contribution in [2.24, 2.45) is 11.8 Å². The van der Waals surface area contributed by atoms with Crippen LogP contribution in [0.15, 0.2) is 42.5 Å². The molecule has 0 radical (unpaired) electrons. The summed E-state index contributed by atoms with van der Waals surface area (Å²) in [4.78, 5) is 9.41. The average molecular weight is 475 g/mol. The van der Waals surface area contributed by atoms with E-state index in [9.17, 15) is 13.9 Å². The molecule has 9 heteroatoms. The van der Waals surface area contributed by atoms with E-state index >= 15 is 0 Å². The van der Waals surface area contributed by atoms with E-state index in [-0.39, 0.29) is 11.3 Å². The van der Waals surface area contributed by atoms with Gasteiger partial charge in [0.1, 0.15) is 23.2 Å². The largest absolute Gasteiger partial charge is 0.393 e. The van der Waals surface area contributed by atoms with Gasteiger partial charge >= 0.3 is 0 Å². The van der Waals surface area contributed by atoms with Crippen LogP contribution in [-0.4, -0.2) is 41.6 Å². The number of benzene rings is 1. The van der Waals surface area contributed by atoms with Crippen molar-refractivity contribution in [3.8, 4) is 22.8 Å². The smallest absolute Gasteiger partial charge is 0.199 e. The van der Waals surface area contributed by atoms with Crippen LogP contribution in [0.4, 0.5) is 8.78 Å². The lowest BCUT2D eigenvalue weighted by Gasteiger charge is -2.57. The van der Waals surface area contributed by atoms with Crippen LogP contribution in [0, 0.1) is 23.5 Å². The lowest BCUT2D eigenvalue weighted by atomic mass is 9.46. The molecule has 1 saturated carbocycles. The van der Waals surface area contributed by atoms with Crippen molar-refractivity contribution in [3.63, 3.8) is 0 Å². The quantitative estimate of drug-likeness (QED) is 0.453. The number of aromatic nitrogens is 6. The van der Waals surface area contributed by atoms with E-state index in [2.05, 4.69) is 32.3 Å². The predicted molar refractivity (Wildman–Crippen MR) is 124 cm³/mol. The molecule has 4 atom stereocenters. The Morgan fingerprint density at radius 1 is 1.09 bits per heavy atom. The maximum absolute atomic E-state index is 14.4. The molecule has 2 unspecified atom stereocenters. The summed E-state index contributed by atoms with van der Waals surface area (Å²) < 4.78 is 28.8. The summed E-state index contributed by atoms with van der Waals surface area (Å²) in [7, 11) is 0. The number of H-pyrrole nitrogens is 1. The second-order valence-corrected chi connectivity index (χ2v) is 9.70. The molecule has 1 fully saturated rings. The van der Waals surface area contributed by atoms with Crippen molar-refractivity contribution in [1.82, 2.24) is 30.4 Å². The first kappa shape index (κ1) is 21.9. The van der Waals surface area contributed by atoms with Gasteiger partial charge in [0.15, 0.2) is 5.82 Å². The van der Waals surface area contributed by atoms with E-state index in [4.69, 9.17) is 4.98 Å². The van der Waals surface area contributed by atoms with Gasteiger partial charge in [-0.3, -0.25) is 5.10 Å². The maximum Gasteiger partial charge on any atom is 0.199 e. The minimum atomic E-state index is -0.654. The minimum absolute atomic E-state index is 0.151. The normalized spacial score (nSPS) is 23.5. The van der Waals surface area contributed by atoms with Gasteiger partial charge in [-0.25, -0.2) is 18.7 Å². The molecule has 4 aromatic rings. The second-order valence-electron chi connectivity index (χ2n) is 9.70. The lowest BCUT2D eigenvalue weighted by molar-refractivity contribution is 0.0510. The number of rotatable bonds is 5. The molecule has 178 valence electrons. The van der Waals surface area contributed by atoms with Gasteiger partial charge in [-0.05, 0) is 67.5 Å². The minimum Gasteiger partial charge on any atom is -0.393 e. The van der Waals surface area contributed by atoms with Crippen LogP contribution in [-0.2, 0) is 18.3 Å². The molecule has 2 bridgehead atoms. The summed E-state index contributed by atoms with van der Waals surface area (Å²) in [6, 6.07) is 11.3. The van der Waals surface area contributed by atoms with Crippen molar-refractivity contribution in [1.29, 1.82) is 0 Å². The van der Waals surface area contributed by atoms with Crippen LogP contribution < -0.4 is 0 Å². The first-order valence-electron chi connectivity index (χ1n) is 11.8. The van der Waals surface area contributed by atoms with E-state index in [1.165, 1.54) is 18.2 Å². The Morgan fingerprint density at radius 3 is 2.60 bits per heavy atom. The number of aromatic amines is 1. The zero-order valence-corrected chi connectivity index (χ0v) is 19.3. The Morgan fingerprint density at radius 2 is 1.86 bits per heavy atom. The molecule has 35 heavy (non-hydrogen) atoms. The highest BCUT2D eigenvalue weighted by Gasteiger charge is 2.59. The molecule has 3 aromatic heterocycles. The Kier molecular flexibility index (Phi) is 5.00. The molecule has 0 saturated heterocycles. The zero-order chi connectivity index (χ0) is 24.3. The van der Waals surface area contributed by atoms with Gasteiger partial charge in [-0.1, -0.05) is 19.1 Å². The van der Waals surface area contributed by atoms with Gasteiger partial charge in [0.25, 0.3) is 0 Å². The summed E-state index contributed by atoms with van der Waals surface area (Å²) in [6.07, 6.45) is 1.53. The summed E-state index contributed by atoms with van der Waals surface area (Å²) in [5.74, 6) is 0.477. The second kappa shape index (κ2) is 7.98. The topological polar surface area (TPSA) is 100 Å². The number of aliphatic hydroxyl groups is 1. The fourth-order valence-electron chi connectivity index (χ4n) is 5.74. The first-order valence-corrected chi connectivity index (χ1v) is 11.8. The van der Waals surface area contributed by atoms with Crippen molar-refractivity contribution in [2.75, 3.05) is 0 Å². The van der Waals surface area contributed by atoms with Gasteiger partial charge in [0.2, 0.25) is 0 Å². The molecule has 0 amide bonds. The van der Waals surface area contributed by atoms with Crippen LogP contribution in [0.2, 0.25) is 0 Å². The number of nitrogens with one attached hydrogen (secondary N) is 1. The number of hydrogen-bond donors (Lipinski definition) is 2. The molecule has 7 nitrogen and oxygen atoms in total. The van der Waals surface area contributed by atoms with Gasteiger partial charge < -0.3 is 5.11 Å². The van der Waals surface area contributed by atoms with E-state index < -0.39 is 23.2 Å². The first-order chi connectivity index (χ1) is 16.9. The fraction of sp³-hybridized carbons (Fsp3) is 0.346.